The average Bonchev–Trinajstić information content (AvgIpc) is 3.21. The molecule has 0 saturated carbocycles. The lowest BCUT2D eigenvalue weighted by molar-refractivity contribution is -0.123. The summed E-state index contributed by atoms with van der Waals surface area (Å²) in [6, 6.07) is 7.24. The summed E-state index contributed by atoms with van der Waals surface area (Å²) < 4.78 is 29.4. The van der Waals surface area contributed by atoms with Gasteiger partial charge in [-0.1, -0.05) is 23.7 Å². The number of ether oxygens (including phenoxy) is 1. The monoisotopic (exact) mass is 400 g/mol. The summed E-state index contributed by atoms with van der Waals surface area (Å²) in [5.74, 6) is 0.206. The third-order valence-electron chi connectivity index (χ3n) is 4.91. The van der Waals surface area contributed by atoms with Gasteiger partial charge in [0.25, 0.3) is 0 Å². The first-order valence-electron chi connectivity index (χ1n) is 8.98. The Morgan fingerprint density at radius 3 is 2.85 bits per heavy atom. The zero-order valence-corrected chi connectivity index (χ0v) is 16.3. The Balaban J connectivity index is 1.57. The molecule has 2 atom stereocenters. The zero-order chi connectivity index (χ0) is 18.6. The van der Waals surface area contributed by atoms with Crippen molar-refractivity contribution in [2.75, 3.05) is 31.2 Å². The Morgan fingerprint density at radius 1 is 1.35 bits per heavy atom. The molecule has 2 heterocycles. The highest BCUT2D eigenvalue weighted by Gasteiger charge is 2.34. The molecule has 0 aliphatic carbocycles. The molecule has 3 rings (SSSR count). The van der Waals surface area contributed by atoms with Crippen LogP contribution in [-0.4, -0.2) is 62.6 Å². The maximum atomic E-state index is 12.4. The summed E-state index contributed by atoms with van der Waals surface area (Å²) in [6.07, 6.45) is 2.64. The topological polar surface area (TPSA) is 75.7 Å². The van der Waals surface area contributed by atoms with E-state index in [0.717, 1.165) is 25.0 Å². The molecule has 26 heavy (non-hydrogen) atoms. The summed E-state index contributed by atoms with van der Waals surface area (Å²) in [4.78, 5) is 14.4. The van der Waals surface area contributed by atoms with Crippen molar-refractivity contribution >= 4 is 27.3 Å². The molecule has 0 bridgehead atoms. The second-order valence-corrected chi connectivity index (χ2v) is 9.69. The maximum Gasteiger partial charge on any atom is 0.234 e. The van der Waals surface area contributed by atoms with E-state index in [2.05, 4.69) is 5.32 Å². The van der Waals surface area contributed by atoms with Crippen LogP contribution in [0.15, 0.2) is 24.3 Å². The molecule has 1 N–H and O–H groups in total. The second-order valence-electron chi connectivity index (χ2n) is 7.03. The first-order valence-corrected chi connectivity index (χ1v) is 11.2. The number of halogens is 1. The first kappa shape index (κ1) is 19.6. The normalized spacial score (nSPS) is 24.8. The van der Waals surface area contributed by atoms with Gasteiger partial charge >= 0.3 is 0 Å². The Hall–Kier alpha value is -1.15. The lowest BCUT2D eigenvalue weighted by Gasteiger charge is -2.29. The van der Waals surface area contributed by atoms with Gasteiger partial charge in [0.15, 0.2) is 9.84 Å². The largest absolute Gasteiger partial charge is 0.377 e. The molecule has 2 aliphatic heterocycles. The zero-order valence-electron chi connectivity index (χ0n) is 14.7. The highest BCUT2D eigenvalue weighted by atomic mass is 35.5. The molecule has 2 fully saturated rings. The van der Waals surface area contributed by atoms with Crippen LogP contribution in [0.3, 0.4) is 0 Å². The van der Waals surface area contributed by atoms with Crippen LogP contribution in [0.1, 0.15) is 24.8 Å². The van der Waals surface area contributed by atoms with Crippen molar-refractivity contribution in [2.45, 2.75) is 38.0 Å². The number of nitrogens with one attached hydrogen (secondary N) is 1. The highest BCUT2D eigenvalue weighted by Crippen LogP contribution is 2.21. The molecule has 0 radical (unpaired) electrons. The molecule has 144 valence electrons. The number of carbonyl (C=O) groups excluding carboxylic acids is 1. The number of carbonyl (C=O) groups is 1. The Kier molecular flexibility index (Phi) is 6.55. The number of benzene rings is 1. The number of nitrogens with zero attached hydrogens (tertiary/aromatic N) is 1. The fourth-order valence-electron chi connectivity index (χ4n) is 3.54. The Labute approximate surface area is 159 Å². The molecule has 0 aromatic heterocycles. The predicted molar refractivity (Wildman–Crippen MR) is 101 cm³/mol. The van der Waals surface area contributed by atoms with Crippen molar-refractivity contribution in [3.05, 3.63) is 34.9 Å². The standard InChI is InChI=1S/C18H25ClN2O4S/c19-15-4-1-3-14(9-15)10-20-18(22)12-21(11-17-5-2-7-25-17)16-6-8-26(23,24)13-16/h1,3-4,9,16-17H,2,5-8,10-13H2,(H,20,22). The number of amides is 1. The minimum absolute atomic E-state index is 0.0824. The molecule has 6 nitrogen and oxygen atoms in total. The lowest BCUT2D eigenvalue weighted by atomic mass is 10.1. The minimum atomic E-state index is -3.00. The van der Waals surface area contributed by atoms with Crippen LogP contribution < -0.4 is 5.32 Å². The van der Waals surface area contributed by atoms with Crippen molar-refractivity contribution in [3.8, 4) is 0 Å². The van der Waals surface area contributed by atoms with Crippen LogP contribution in [0.5, 0.6) is 0 Å². The summed E-state index contributed by atoms with van der Waals surface area (Å²) in [6.45, 7) is 1.92. The van der Waals surface area contributed by atoms with Crippen molar-refractivity contribution in [1.82, 2.24) is 10.2 Å². The summed E-state index contributed by atoms with van der Waals surface area (Å²) in [5, 5.41) is 3.53. The van der Waals surface area contributed by atoms with Gasteiger partial charge < -0.3 is 10.1 Å². The maximum absolute atomic E-state index is 12.4. The number of sulfone groups is 1. The van der Waals surface area contributed by atoms with E-state index in [1.54, 1.807) is 6.07 Å². The van der Waals surface area contributed by atoms with E-state index < -0.39 is 9.84 Å². The highest BCUT2D eigenvalue weighted by molar-refractivity contribution is 7.91. The van der Waals surface area contributed by atoms with Crippen LogP contribution in [0.4, 0.5) is 0 Å². The van der Waals surface area contributed by atoms with E-state index in [9.17, 15) is 13.2 Å². The summed E-state index contributed by atoms with van der Waals surface area (Å²) in [7, 11) is -3.00. The quantitative estimate of drug-likeness (QED) is 0.752. The van der Waals surface area contributed by atoms with E-state index in [1.165, 1.54) is 0 Å². The van der Waals surface area contributed by atoms with Gasteiger partial charge in [-0.25, -0.2) is 8.42 Å². The van der Waals surface area contributed by atoms with Gasteiger partial charge in [-0.2, -0.15) is 0 Å². The van der Waals surface area contributed by atoms with E-state index >= 15 is 0 Å². The Bertz CT molecular complexity index is 734. The molecule has 1 aromatic rings. The third-order valence-corrected chi connectivity index (χ3v) is 6.90. The van der Waals surface area contributed by atoms with E-state index in [1.807, 2.05) is 23.1 Å². The summed E-state index contributed by atoms with van der Waals surface area (Å²) in [5.41, 5.74) is 0.931. The molecular formula is C18H25ClN2O4S. The van der Waals surface area contributed by atoms with Crippen LogP contribution in [0.2, 0.25) is 5.02 Å². The van der Waals surface area contributed by atoms with Gasteiger partial charge in [-0.15, -0.1) is 0 Å². The van der Waals surface area contributed by atoms with Crippen molar-refractivity contribution in [1.29, 1.82) is 0 Å². The molecule has 2 aliphatic rings. The van der Waals surface area contributed by atoms with Gasteiger partial charge in [0, 0.05) is 30.8 Å². The molecular weight excluding hydrogens is 376 g/mol. The molecule has 1 amide bonds. The first-order chi connectivity index (χ1) is 12.4. The number of hydrogen-bond donors (Lipinski definition) is 1. The van der Waals surface area contributed by atoms with Crippen LogP contribution in [0, 0.1) is 0 Å². The summed E-state index contributed by atoms with van der Waals surface area (Å²) >= 11 is 5.96. The second kappa shape index (κ2) is 8.69. The molecule has 2 saturated heterocycles. The number of rotatable bonds is 7. The van der Waals surface area contributed by atoms with Gasteiger partial charge in [0.1, 0.15) is 0 Å². The van der Waals surface area contributed by atoms with E-state index in [0.29, 0.717) is 24.5 Å². The number of hydrogen-bond acceptors (Lipinski definition) is 5. The van der Waals surface area contributed by atoms with Gasteiger partial charge in [-0.05, 0) is 37.0 Å². The fraction of sp³-hybridized carbons (Fsp3) is 0.611. The van der Waals surface area contributed by atoms with E-state index in [-0.39, 0.29) is 36.1 Å². The van der Waals surface area contributed by atoms with E-state index in [4.69, 9.17) is 16.3 Å². The Morgan fingerprint density at radius 2 is 2.19 bits per heavy atom. The minimum Gasteiger partial charge on any atom is -0.377 e. The van der Waals surface area contributed by atoms with Gasteiger partial charge in [0.2, 0.25) is 5.91 Å². The van der Waals surface area contributed by atoms with Crippen LogP contribution >= 0.6 is 11.6 Å². The van der Waals surface area contributed by atoms with Crippen molar-refractivity contribution in [3.63, 3.8) is 0 Å². The molecule has 1 aromatic carbocycles. The van der Waals surface area contributed by atoms with Crippen molar-refractivity contribution in [2.24, 2.45) is 0 Å². The SMILES string of the molecule is O=C(CN(CC1CCCO1)C1CCS(=O)(=O)C1)NCc1cccc(Cl)c1. The molecule has 0 spiro atoms. The molecule has 8 heteroatoms. The van der Waals surface area contributed by atoms with Gasteiger partial charge in [0.05, 0.1) is 24.2 Å². The molecule has 2 unspecified atom stereocenters. The average molecular weight is 401 g/mol. The van der Waals surface area contributed by atoms with Crippen LogP contribution in [0.25, 0.3) is 0 Å². The van der Waals surface area contributed by atoms with Crippen LogP contribution in [-0.2, 0) is 25.9 Å². The third kappa shape index (κ3) is 5.67. The van der Waals surface area contributed by atoms with Gasteiger partial charge in [-0.3, -0.25) is 9.69 Å². The van der Waals surface area contributed by atoms with Crippen molar-refractivity contribution < 1.29 is 17.9 Å². The fourth-order valence-corrected chi connectivity index (χ4v) is 5.52. The predicted octanol–water partition coefficient (Wildman–Crippen LogP) is 1.62. The smallest absolute Gasteiger partial charge is 0.234 e. The lowest BCUT2D eigenvalue weighted by Crippen LogP contribution is -2.46.